The van der Waals surface area contributed by atoms with Crippen molar-refractivity contribution in [2.45, 2.75) is 32.7 Å². The van der Waals surface area contributed by atoms with Crippen LogP contribution in [0.15, 0.2) is 47.1 Å². The second-order valence-electron chi connectivity index (χ2n) is 7.14. The SMILES string of the molecule is CC(C)(C)c1ccc(C(=O)NCC(=O)NCC(=O)NCc2ccco2)cc1. The Morgan fingerprint density at radius 2 is 1.52 bits per heavy atom. The first-order valence-corrected chi connectivity index (χ1v) is 8.70. The van der Waals surface area contributed by atoms with Crippen LogP contribution in [0.25, 0.3) is 0 Å². The van der Waals surface area contributed by atoms with E-state index in [0.717, 1.165) is 5.56 Å². The normalized spacial score (nSPS) is 10.9. The second-order valence-corrected chi connectivity index (χ2v) is 7.14. The van der Waals surface area contributed by atoms with Crippen LogP contribution in [0.4, 0.5) is 0 Å². The van der Waals surface area contributed by atoms with Crippen LogP contribution in [0, 0.1) is 0 Å². The minimum absolute atomic E-state index is 0.00635. The van der Waals surface area contributed by atoms with Gasteiger partial charge in [0.2, 0.25) is 11.8 Å². The number of hydrogen-bond acceptors (Lipinski definition) is 4. The Balaban J connectivity index is 1.70. The number of carbonyl (C=O) groups excluding carboxylic acids is 3. The van der Waals surface area contributed by atoms with Gasteiger partial charge in [-0.05, 0) is 35.2 Å². The number of furan rings is 1. The Bertz CT molecular complexity index is 775. The lowest BCUT2D eigenvalue weighted by Gasteiger charge is -2.19. The molecule has 1 heterocycles. The van der Waals surface area contributed by atoms with Crippen molar-refractivity contribution >= 4 is 17.7 Å². The van der Waals surface area contributed by atoms with E-state index in [0.29, 0.717) is 11.3 Å². The summed E-state index contributed by atoms with van der Waals surface area (Å²) in [4.78, 5) is 35.5. The highest BCUT2D eigenvalue weighted by atomic mass is 16.3. The van der Waals surface area contributed by atoms with E-state index >= 15 is 0 Å². The number of amides is 3. The lowest BCUT2D eigenvalue weighted by atomic mass is 9.87. The molecule has 0 bridgehead atoms. The molecule has 2 aromatic rings. The van der Waals surface area contributed by atoms with Gasteiger partial charge in [0, 0.05) is 5.56 Å². The van der Waals surface area contributed by atoms with E-state index in [-0.39, 0.29) is 36.9 Å². The Labute approximate surface area is 158 Å². The molecule has 7 nitrogen and oxygen atoms in total. The van der Waals surface area contributed by atoms with E-state index in [1.165, 1.54) is 6.26 Å². The van der Waals surface area contributed by atoms with Crippen molar-refractivity contribution in [3.8, 4) is 0 Å². The van der Waals surface area contributed by atoms with Crippen molar-refractivity contribution in [1.29, 1.82) is 0 Å². The fourth-order valence-electron chi connectivity index (χ4n) is 2.29. The van der Waals surface area contributed by atoms with Crippen LogP contribution in [0.5, 0.6) is 0 Å². The summed E-state index contributed by atoms with van der Waals surface area (Å²) in [7, 11) is 0. The van der Waals surface area contributed by atoms with Gasteiger partial charge < -0.3 is 20.4 Å². The van der Waals surface area contributed by atoms with E-state index in [4.69, 9.17) is 4.42 Å². The molecular weight excluding hydrogens is 346 g/mol. The molecule has 0 saturated carbocycles. The third-order valence-corrected chi connectivity index (χ3v) is 3.91. The average molecular weight is 371 g/mol. The van der Waals surface area contributed by atoms with E-state index in [2.05, 4.69) is 36.7 Å². The predicted molar refractivity (Wildman–Crippen MR) is 101 cm³/mol. The van der Waals surface area contributed by atoms with E-state index < -0.39 is 5.91 Å². The predicted octanol–water partition coefficient (Wildman–Crippen LogP) is 1.74. The monoisotopic (exact) mass is 371 g/mol. The number of hydrogen-bond donors (Lipinski definition) is 3. The van der Waals surface area contributed by atoms with Crippen LogP contribution >= 0.6 is 0 Å². The van der Waals surface area contributed by atoms with Crippen LogP contribution in [0.3, 0.4) is 0 Å². The molecule has 2 rings (SSSR count). The highest BCUT2D eigenvalue weighted by molar-refractivity contribution is 5.96. The van der Waals surface area contributed by atoms with Crippen LogP contribution in [-0.2, 0) is 21.5 Å². The fraction of sp³-hybridized carbons (Fsp3) is 0.350. The molecule has 0 unspecified atom stereocenters. The Hall–Kier alpha value is -3.09. The molecule has 3 N–H and O–H groups in total. The molecule has 1 aromatic heterocycles. The van der Waals surface area contributed by atoms with Crippen molar-refractivity contribution in [2.24, 2.45) is 0 Å². The number of rotatable bonds is 7. The second kappa shape index (κ2) is 9.02. The van der Waals surface area contributed by atoms with Crippen molar-refractivity contribution in [2.75, 3.05) is 13.1 Å². The van der Waals surface area contributed by atoms with Gasteiger partial charge >= 0.3 is 0 Å². The molecule has 0 radical (unpaired) electrons. The van der Waals surface area contributed by atoms with Gasteiger partial charge in [0.05, 0.1) is 25.9 Å². The number of benzene rings is 1. The van der Waals surface area contributed by atoms with Gasteiger partial charge in [0.1, 0.15) is 5.76 Å². The van der Waals surface area contributed by atoms with Gasteiger partial charge in [0.25, 0.3) is 5.91 Å². The standard InChI is InChI=1S/C20H25N3O4/c1-20(2,3)15-8-6-14(7-9-15)19(26)23-13-18(25)22-12-17(24)21-11-16-5-4-10-27-16/h4-10H,11-13H2,1-3H3,(H,21,24)(H,22,25)(H,23,26). The maximum atomic E-state index is 12.1. The molecule has 0 aliphatic heterocycles. The van der Waals surface area contributed by atoms with Gasteiger partial charge in [-0.2, -0.15) is 0 Å². The van der Waals surface area contributed by atoms with Crippen LogP contribution < -0.4 is 16.0 Å². The van der Waals surface area contributed by atoms with Gasteiger partial charge in [-0.15, -0.1) is 0 Å². The molecule has 0 fully saturated rings. The van der Waals surface area contributed by atoms with Crippen LogP contribution in [-0.4, -0.2) is 30.8 Å². The van der Waals surface area contributed by atoms with Crippen LogP contribution in [0.1, 0.15) is 42.5 Å². The summed E-state index contributed by atoms with van der Waals surface area (Å²) in [5, 5.41) is 7.60. The topological polar surface area (TPSA) is 100 Å². The van der Waals surface area contributed by atoms with E-state index in [1.807, 2.05) is 12.1 Å². The zero-order chi connectivity index (χ0) is 19.9. The maximum absolute atomic E-state index is 12.1. The third kappa shape index (κ3) is 6.62. The van der Waals surface area contributed by atoms with Crippen molar-refractivity contribution in [3.63, 3.8) is 0 Å². The molecule has 0 saturated heterocycles. The van der Waals surface area contributed by atoms with Gasteiger partial charge in [0.15, 0.2) is 0 Å². The summed E-state index contributed by atoms with van der Waals surface area (Å²) in [6.07, 6.45) is 1.52. The maximum Gasteiger partial charge on any atom is 0.251 e. The summed E-state index contributed by atoms with van der Waals surface area (Å²) in [6.45, 7) is 6.16. The van der Waals surface area contributed by atoms with Crippen molar-refractivity contribution in [3.05, 3.63) is 59.5 Å². The van der Waals surface area contributed by atoms with E-state index in [1.54, 1.807) is 24.3 Å². The zero-order valence-corrected chi connectivity index (χ0v) is 15.8. The van der Waals surface area contributed by atoms with E-state index in [9.17, 15) is 14.4 Å². The summed E-state index contributed by atoms with van der Waals surface area (Å²) < 4.78 is 5.09. The lowest BCUT2D eigenvalue weighted by molar-refractivity contribution is -0.125. The summed E-state index contributed by atoms with van der Waals surface area (Å²) in [6, 6.07) is 10.7. The minimum atomic E-state index is -0.442. The largest absolute Gasteiger partial charge is 0.467 e. The Morgan fingerprint density at radius 1 is 0.889 bits per heavy atom. The van der Waals surface area contributed by atoms with Gasteiger partial charge in [-0.1, -0.05) is 32.9 Å². The van der Waals surface area contributed by atoms with Crippen molar-refractivity contribution < 1.29 is 18.8 Å². The molecule has 0 aliphatic carbocycles. The molecule has 1 aromatic carbocycles. The summed E-state index contributed by atoms with van der Waals surface area (Å²) in [5.74, 6) is -0.501. The van der Waals surface area contributed by atoms with Crippen LogP contribution in [0.2, 0.25) is 0 Å². The fourth-order valence-corrected chi connectivity index (χ4v) is 2.29. The van der Waals surface area contributed by atoms with Gasteiger partial charge in [-0.3, -0.25) is 14.4 Å². The first-order valence-electron chi connectivity index (χ1n) is 8.70. The molecule has 144 valence electrons. The average Bonchev–Trinajstić information content (AvgIpc) is 3.15. The Morgan fingerprint density at radius 3 is 2.11 bits per heavy atom. The third-order valence-electron chi connectivity index (χ3n) is 3.91. The minimum Gasteiger partial charge on any atom is -0.467 e. The highest BCUT2D eigenvalue weighted by Crippen LogP contribution is 2.22. The molecule has 0 atom stereocenters. The Kier molecular flexibility index (Phi) is 6.76. The molecule has 27 heavy (non-hydrogen) atoms. The quantitative estimate of drug-likeness (QED) is 0.690. The lowest BCUT2D eigenvalue weighted by Crippen LogP contribution is -2.41. The summed E-state index contributed by atoms with van der Waals surface area (Å²) >= 11 is 0. The smallest absolute Gasteiger partial charge is 0.251 e. The first-order chi connectivity index (χ1) is 12.8. The highest BCUT2D eigenvalue weighted by Gasteiger charge is 2.14. The number of nitrogens with one attached hydrogen (secondary N) is 3. The summed E-state index contributed by atoms with van der Waals surface area (Å²) in [5.41, 5.74) is 1.61. The molecular formula is C20H25N3O4. The molecule has 3 amide bonds. The first kappa shape index (κ1) is 20.2. The van der Waals surface area contributed by atoms with Gasteiger partial charge in [-0.25, -0.2) is 0 Å². The zero-order valence-electron chi connectivity index (χ0n) is 15.8. The molecule has 0 aliphatic rings. The molecule has 7 heteroatoms. The molecule has 0 spiro atoms. The van der Waals surface area contributed by atoms with Crippen molar-refractivity contribution in [1.82, 2.24) is 16.0 Å². The number of carbonyl (C=O) groups is 3.